The molecular formula is C5H11OSi. The molecule has 41 valence electrons. The molecular weight excluding hydrogens is 104 g/mol. The van der Waals surface area contributed by atoms with E-state index in [9.17, 15) is 0 Å². The molecule has 2 heteroatoms. The summed E-state index contributed by atoms with van der Waals surface area (Å²) in [4.78, 5) is 0. The largest absolute Gasteiger partial charge is 0.424 e. The second-order valence-electron chi connectivity index (χ2n) is 1.67. The Labute approximate surface area is 48.0 Å². The number of hydrogen-bond acceptors (Lipinski definition) is 1. The number of rotatable bonds is 0. The molecule has 1 fully saturated rings. The fourth-order valence-electron chi connectivity index (χ4n) is 0.687. The lowest BCUT2D eigenvalue weighted by Gasteiger charge is -2.07. The molecule has 0 aromatic rings. The fourth-order valence-corrected chi connectivity index (χ4v) is 1.86. The quantitative estimate of drug-likeness (QED) is 0.418. The average Bonchev–Trinajstić information content (AvgIpc) is 1.72. The Morgan fingerprint density at radius 2 is 2.14 bits per heavy atom. The Morgan fingerprint density at radius 1 is 1.29 bits per heavy atom. The van der Waals surface area contributed by atoms with E-state index in [1.807, 2.05) is 0 Å². The Balaban J connectivity index is 0.000000360. The minimum Gasteiger partial charge on any atom is -0.424 e. The predicted octanol–water partition coefficient (Wildman–Crippen LogP) is 0.503. The maximum Gasteiger partial charge on any atom is 0.161 e. The van der Waals surface area contributed by atoms with Gasteiger partial charge in [0.1, 0.15) is 0 Å². The van der Waals surface area contributed by atoms with Crippen molar-refractivity contribution >= 4 is 9.76 Å². The first-order valence-electron chi connectivity index (χ1n) is 2.58. The molecule has 1 nitrogen and oxygen atoms in total. The average molecular weight is 115 g/mol. The summed E-state index contributed by atoms with van der Waals surface area (Å²) in [6.45, 7) is 1.06. The van der Waals surface area contributed by atoms with Crippen LogP contribution in [0.3, 0.4) is 0 Å². The van der Waals surface area contributed by atoms with E-state index >= 15 is 0 Å². The molecule has 0 aromatic heterocycles. The highest BCUT2D eigenvalue weighted by atomic mass is 28.2. The summed E-state index contributed by atoms with van der Waals surface area (Å²) in [6, 6.07) is 1.42. The molecule has 1 saturated heterocycles. The Bertz CT molecular complexity index is 23.6. The van der Waals surface area contributed by atoms with Crippen molar-refractivity contribution in [2.45, 2.75) is 18.9 Å². The minimum atomic E-state index is 0. The van der Waals surface area contributed by atoms with Crippen LogP contribution in [0.4, 0.5) is 0 Å². The summed E-state index contributed by atoms with van der Waals surface area (Å²) >= 11 is 0. The first kappa shape index (κ1) is 7.18. The van der Waals surface area contributed by atoms with E-state index in [1.54, 1.807) is 0 Å². The molecule has 3 radical (unpaired) electrons. The maximum atomic E-state index is 5.21. The molecule has 0 saturated carbocycles. The van der Waals surface area contributed by atoms with Crippen LogP contribution in [0.25, 0.3) is 0 Å². The predicted molar refractivity (Wildman–Crippen MR) is 32.8 cm³/mol. The summed E-state index contributed by atoms with van der Waals surface area (Å²) < 4.78 is 5.21. The van der Waals surface area contributed by atoms with Gasteiger partial charge in [-0.1, -0.05) is 6.42 Å². The van der Waals surface area contributed by atoms with Gasteiger partial charge in [0.2, 0.25) is 0 Å². The van der Waals surface area contributed by atoms with Crippen LogP contribution in [0, 0.1) is 7.43 Å². The third-order valence-corrected chi connectivity index (χ3v) is 2.44. The van der Waals surface area contributed by atoms with E-state index in [0.717, 1.165) is 6.61 Å². The smallest absolute Gasteiger partial charge is 0.161 e. The molecule has 1 aliphatic rings. The van der Waals surface area contributed by atoms with Gasteiger partial charge < -0.3 is 4.43 Å². The fraction of sp³-hybridized carbons (Fsp3) is 0.800. The summed E-state index contributed by atoms with van der Waals surface area (Å²) in [5, 5.41) is 0. The summed E-state index contributed by atoms with van der Waals surface area (Å²) in [6.07, 6.45) is 2.75. The van der Waals surface area contributed by atoms with Gasteiger partial charge >= 0.3 is 0 Å². The molecule has 0 unspecified atom stereocenters. The van der Waals surface area contributed by atoms with Crippen molar-refractivity contribution in [1.29, 1.82) is 0 Å². The van der Waals surface area contributed by atoms with Gasteiger partial charge in [-0.25, -0.2) is 0 Å². The van der Waals surface area contributed by atoms with Crippen molar-refractivity contribution in [1.82, 2.24) is 0 Å². The summed E-state index contributed by atoms with van der Waals surface area (Å²) in [5.41, 5.74) is 0. The van der Waals surface area contributed by atoms with Crippen LogP contribution in [0.2, 0.25) is 6.04 Å². The first-order valence-corrected chi connectivity index (χ1v) is 4.15. The normalized spacial score (nSPS) is 24.0. The van der Waals surface area contributed by atoms with Gasteiger partial charge in [0.25, 0.3) is 0 Å². The van der Waals surface area contributed by atoms with Crippen molar-refractivity contribution in [3.05, 3.63) is 7.43 Å². The Hall–Kier alpha value is 0.177. The SMILES string of the molecule is C1CC[SiH2]OC1.[CH]. The zero-order chi connectivity index (χ0) is 4.24. The second-order valence-corrected chi connectivity index (χ2v) is 3.20. The van der Waals surface area contributed by atoms with E-state index in [-0.39, 0.29) is 17.2 Å². The maximum absolute atomic E-state index is 5.21. The van der Waals surface area contributed by atoms with Crippen molar-refractivity contribution < 1.29 is 4.43 Å². The van der Waals surface area contributed by atoms with Gasteiger partial charge in [-0.3, -0.25) is 0 Å². The highest BCUT2D eigenvalue weighted by Gasteiger charge is 1.96. The van der Waals surface area contributed by atoms with Gasteiger partial charge in [0, 0.05) is 6.61 Å². The highest BCUT2D eigenvalue weighted by molar-refractivity contribution is 6.27. The van der Waals surface area contributed by atoms with E-state index in [2.05, 4.69) is 0 Å². The molecule has 0 atom stereocenters. The van der Waals surface area contributed by atoms with Crippen molar-refractivity contribution in [3.63, 3.8) is 0 Å². The van der Waals surface area contributed by atoms with Gasteiger partial charge in [0.05, 0.1) is 0 Å². The second kappa shape index (κ2) is 4.34. The Kier molecular flexibility index (Phi) is 4.45. The zero-order valence-electron chi connectivity index (χ0n) is 4.52. The lowest BCUT2D eigenvalue weighted by Crippen LogP contribution is -2.06. The summed E-state index contributed by atoms with van der Waals surface area (Å²) in [7, 11) is 0.00849. The van der Waals surface area contributed by atoms with E-state index < -0.39 is 0 Å². The third-order valence-electron chi connectivity index (χ3n) is 1.08. The van der Waals surface area contributed by atoms with E-state index in [4.69, 9.17) is 4.43 Å². The third kappa shape index (κ3) is 2.82. The van der Waals surface area contributed by atoms with Crippen LogP contribution in [-0.2, 0) is 4.43 Å². The molecule has 1 heterocycles. The molecule has 7 heavy (non-hydrogen) atoms. The van der Waals surface area contributed by atoms with Crippen LogP contribution in [0.5, 0.6) is 0 Å². The van der Waals surface area contributed by atoms with Crippen molar-refractivity contribution in [2.75, 3.05) is 6.61 Å². The van der Waals surface area contributed by atoms with E-state index in [0.29, 0.717) is 0 Å². The Morgan fingerprint density at radius 3 is 2.29 bits per heavy atom. The molecule has 0 N–H and O–H groups in total. The number of hydrogen-bond donors (Lipinski definition) is 0. The van der Waals surface area contributed by atoms with Crippen LogP contribution < -0.4 is 0 Å². The van der Waals surface area contributed by atoms with E-state index in [1.165, 1.54) is 18.9 Å². The molecule has 0 aliphatic carbocycles. The minimum absolute atomic E-state index is 0. The molecule has 0 amide bonds. The topological polar surface area (TPSA) is 9.23 Å². The first-order chi connectivity index (χ1) is 3.00. The molecule has 0 aromatic carbocycles. The molecule has 0 bridgehead atoms. The van der Waals surface area contributed by atoms with Gasteiger partial charge in [-0.05, 0) is 19.9 Å². The van der Waals surface area contributed by atoms with Crippen LogP contribution >= 0.6 is 0 Å². The molecule has 0 spiro atoms. The van der Waals surface area contributed by atoms with Gasteiger partial charge in [0.15, 0.2) is 9.76 Å². The van der Waals surface area contributed by atoms with Crippen LogP contribution in [0.15, 0.2) is 0 Å². The molecule has 1 aliphatic heterocycles. The van der Waals surface area contributed by atoms with Gasteiger partial charge in [-0.15, -0.1) is 0 Å². The monoisotopic (exact) mass is 115 g/mol. The van der Waals surface area contributed by atoms with Crippen molar-refractivity contribution in [3.8, 4) is 0 Å². The van der Waals surface area contributed by atoms with Gasteiger partial charge in [-0.2, -0.15) is 0 Å². The van der Waals surface area contributed by atoms with Crippen LogP contribution in [-0.4, -0.2) is 16.4 Å². The lowest BCUT2D eigenvalue weighted by atomic mass is 10.4. The summed E-state index contributed by atoms with van der Waals surface area (Å²) in [5.74, 6) is 0. The highest BCUT2D eigenvalue weighted by Crippen LogP contribution is 2.01. The van der Waals surface area contributed by atoms with Crippen LogP contribution in [0.1, 0.15) is 12.8 Å². The van der Waals surface area contributed by atoms with Crippen molar-refractivity contribution in [2.24, 2.45) is 0 Å². The molecule has 1 rings (SSSR count). The standard InChI is InChI=1S/C4H10OSi.CH/c1-2-4-6-5-3-1;/h1-4,6H2;1H. The zero-order valence-corrected chi connectivity index (χ0v) is 5.94. The lowest BCUT2D eigenvalue weighted by molar-refractivity contribution is 0.304.